The lowest BCUT2D eigenvalue weighted by atomic mass is 9.90. The fourth-order valence-corrected chi connectivity index (χ4v) is 3.73. The SMILES string of the molecule is O=C(Nc1ccc2[nH][11c](=O)[nH]c2c1)C(=O)N1CCC(Cc2ccc(F)cc2)CC1. The highest BCUT2D eigenvalue weighted by Crippen LogP contribution is 2.22. The number of likely N-dealkylation sites (tertiary alicyclic amines) is 1. The molecule has 2 aromatic carbocycles. The molecule has 1 aliphatic heterocycles. The zero-order valence-electron chi connectivity index (χ0n) is 15.7. The van der Waals surface area contributed by atoms with Crippen molar-refractivity contribution < 1.29 is 14.0 Å². The molecule has 0 atom stereocenters. The van der Waals surface area contributed by atoms with Gasteiger partial charge in [0.15, 0.2) is 0 Å². The van der Waals surface area contributed by atoms with E-state index in [1.54, 1.807) is 35.2 Å². The maximum Gasteiger partial charge on any atom is 0.323 e. The van der Waals surface area contributed by atoms with Gasteiger partial charge in [0, 0.05) is 18.8 Å². The summed E-state index contributed by atoms with van der Waals surface area (Å²) < 4.78 is 13.0. The van der Waals surface area contributed by atoms with Crippen molar-refractivity contribution >= 4 is 28.5 Å². The molecule has 1 fully saturated rings. The van der Waals surface area contributed by atoms with E-state index in [4.69, 9.17) is 0 Å². The van der Waals surface area contributed by atoms with Crippen LogP contribution < -0.4 is 11.0 Å². The maximum atomic E-state index is 13.0. The van der Waals surface area contributed by atoms with E-state index >= 15 is 0 Å². The first-order chi connectivity index (χ1) is 14.0. The van der Waals surface area contributed by atoms with Crippen LogP contribution in [0.2, 0.25) is 0 Å². The van der Waals surface area contributed by atoms with Crippen molar-refractivity contribution in [1.82, 2.24) is 14.9 Å². The number of benzene rings is 2. The first-order valence-corrected chi connectivity index (χ1v) is 9.55. The van der Waals surface area contributed by atoms with Crippen LogP contribution in [0, 0.1) is 11.7 Å². The van der Waals surface area contributed by atoms with E-state index in [0.717, 1.165) is 24.8 Å². The Kier molecular flexibility index (Phi) is 5.16. The molecule has 0 radical (unpaired) electrons. The number of carbonyl (C=O) groups excluding carboxylic acids is 2. The van der Waals surface area contributed by atoms with Crippen molar-refractivity contribution in [2.24, 2.45) is 5.92 Å². The van der Waals surface area contributed by atoms with Crippen molar-refractivity contribution in [2.75, 3.05) is 18.4 Å². The van der Waals surface area contributed by atoms with Gasteiger partial charge < -0.3 is 20.2 Å². The van der Waals surface area contributed by atoms with Crippen molar-refractivity contribution in [2.45, 2.75) is 19.3 Å². The standard InChI is InChI=1S/C21H21FN4O3/c22-15-3-1-13(2-4-15)11-14-7-9-26(10-8-14)20(28)19(27)23-16-5-6-17-18(12-16)25-21(29)24-17/h1-6,12,14H,7-11H2,(H,23,27)(H2,24,25,29)/i21-1. The van der Waals surface area contributed by atoms with Crippen molar-refractivity contribution in [3.8, 4) is 0 Å². The number of nitrogens with zero attached hydrogens (tertiary/aromatic N) is 1. The van der Waals surface area contributed by atoms with Gasteiger partial charge in [-0.05, 0) is 61.1 Å². The molecule has 2 heterocycles. The molecule has 3 aromatic rings. The van der Waals surface area contributed by atoms with Gasteiger partial charge in [0.1, 0.15) is 5.82 Å². The molecule has 1 aromatic heterocycles. The number of hydrogen-bond donors (Lipinski definition) is 3. The highest BCUT2D eigenvalue weighted by atomic mass is 19.1. The molecule has 0 spiro atoms. The van der Waals surface area contributed by atoms with Crippen LogP contribution in [0.5, 0.6) is 0 Å². The summed E-state index contributed by atoms with van der Waals surface area (Å²) in [4.78, 5) is 42.9. The van der Waals surface area contributed by atoms with Gasteiger partial charge >= 0.3 is 17.5 Å². The molecule has 1 aliphatic rings. The number of aromatic nitrogens is 2. The number of H-pyrrole nitrogens is 2. The van der Waals surface area contributed by atoms with Crippen LogP contribution in [-0.4, -0.2) is 39.8 Å². The molecule has 8 heteroatoms. The molecule has 29 heavy (non-hydrogen) atoms. The summed E-state index contributed by atoms with van der Waals surface area (Å²) in [6.45, 7) is 1.03. The molecule has 0 aliphatic carbocycles. The van der Waals surface area contributed by atoms with Crippen LogP contribution in [-0.2, 0) is 16.0 Å². The largest absolute Gasteiger partial charge is 0.334 e. The van der Waals surface area contributed by atoms with Gasteiger partial charge in [-0.2, -0.15) is 0 Å². The molecular formula is C21H21FN4O3. The quantitative estimate of drug-likeness (QED) is 0.594. The predicted molar refractivity (Wildman–Crippen MR) is 107 cm³/mol. The molecule has 4 rings (SSSR count). The zero-order chi connectivity index (χ0) is 20.4. The molecule has 150 valence electrons. The summed E-state index contributed by atoms with van der Waals surface area (Å²) in [5.41, 5.74) is 2.37. The van der Waals surface area contributed by atoms with Crippen molar-refractivity contribution in [3.63, 3.8) is 0 Å². The second kappa shape index (κ2) is 7.90. The molecule has 0 bridgehead atoms. The first-order valence-electron chi connectivity index (χ1n) is 9.55. The lowest BCUT2D eigenvalue weighted by Crippen LogP contribution is -2.44. The van der Waals surface area contributed by atoms with E-state index in [1.165, 1.54) is 12.1 Å². The Bertz CT molecular complexity index is 1100. The number of piperidine rings is 1. The number of carbonyl (C=O) groups is 2. The third kappa shape index (κ3) is 4.37. The number of amides is 2. The van der Waals surface area contributed by atoms with E-state index in [9.17, 15) is 18.8 Å². The van der Waals surface area contributed by atoms with Crippen LogP contribution in [0.15, 0.2) is 47.3 Å². The monoisotopic (exact) mass is 395 g/mol. The van der Waals surface area contributed by atoms with E-state index in [-0.39, 0.29) is 11.5 Å². The van der Waals surface area contributed by atoms with E-state index < -0.39 is 11.8 Å². The number of aromatic amines is 2. The third-order valence-corrected chi connectivity index (χ3v) is 5.31. The topological polar surface area (TPSA) is 98.1 Å². The Balaban J connectivity index is 1.31. The average molecular weight is 395 g/mol. The van der Waals surface area contributed by atoms with E-state index in [2.05, 4.69) is 15.3 Å². The minimum absolute atomic E-state index is 0.248. The number of nitrogens with one attached hydrogen (secondary N) is 3. The summed E-state index contributed by atoms with van der Waals surface area (Å²) >= 11 is 0. The van der Waals surface area contributed by atoms with Gasteiger partial charge in [-0.1, -0.05) is 12.1 Å². The maximum absolute atomic E-state index is 13.0. The number of hydrogen-bond acceptors (Lipinski definition) is 3. The molecule has 3 N–H and O–H groups in total. The number of rotatable bonds is 3. The molecule has 1 saturated heterocycles. The molecule has 7 nitrogen and oxygen atoms in total. The Morgan fingerprint density at radius 1 is 1.03 bits per heavy atom. The second-order valence-electron chi connectivity index (χ2n) is 7.36. The lowest BCUT2D eigenvalue weighted by molar-refractivity contribution is -0.144. The highest BCUT2D eigenvalue weighted by molar-refractivity contribution is 6.39. The summed E-state index contributed by atoms with van der Waals surface area (Å²) in [7, 11) is 0. The van der Waals surface area contributed by atoms with Gasteiger partial charge in [0.05, 0.1) is 11.0 Å². The summed E-state index contributed by atoms with van der Waals surface area (Å²) in [5.74, 6) is -1.10. The lowest BCUT2D eigenvalue weighted by Gasteiger charge is -2.31. The van der Waals surface area contributed by atoms with Gasteiger partial charge in [-0.15, -0.1) is 0 Å². The fraction of sp³-hybridized carbons (Fsp3) is 0.286. The second-order valence-corrected chi connectivity index (χ2v) is 7.36. The van der Waals surface area contributed by atoms with Crippen molar-refractivity contribution in [1.29, 1.82) is 0 Å². The van der Waals surface area contributed by atoms with Crippen LogP contribution in [0.1, 0.15) is 18.4 Å². The number of imidazole rings is 1. The number of halogens is 1. The zero-order valence-corrected chi connectivity index (χ0v) is 15.7. The minimum Gasteiger partial charge on any atom is -0.334 e. The van der Waals surface area contributed by atoms with Gasteiger partial charge in [-0.3, -0.25) is 9.59 Å². The van der Waals surface area contributed by atoms with Crippen LogP contribution in [0.4, 0.5) is 10.1 Å². The Morgan fingerprint density at radius 2 is 1.72 bits per heavy atom. The average Bonchev–Trinajstić information content (AvgIpc) is 3.09. The molecular weight excluding hydrogens is 374 g/mol. The Hall–Kier alpha value is -3.42. The molecule has 0 saturated carbocycles. The number of anilines is 1. The normalized spacial score (nSPS) is 14.9. The summed E-state index contributed by atoms with van der Waals surface area (Å²) in [6.07, 6.45) is 2.43. The summed E-state index contributed by atoms with van der Waals surface area (Å²) in [6, 6.07) is 11.4. The highest BCUT2D eigenvalue weighted by Gasteiger charge is 2.27. The smallest absolute Gasteiger partial charge is 0.323 e. The Morgan fingerprint density at radius 3 is 2.45 bits per heavy atom. The van der Waals surface area contributed by atoms with Crippen LogP contribution >= 0.6 is 0 Å². The van der Waals surface area contributed by atoms with E-state index in [1.807, 2.05) is 0 Å². The van der Waals surface area contributed by atoms with Gasteiger partial charge in [-0.25, -0.2) is 9.18 Å². The fourth-order valence-electron chi connectivity index (χ4n) is 3.73. The third-order valence-electron chi connectivity index (χ3n) is 5.31. The van der Waals surface area contributed by atoms with E-state index in [0.29, 0.717) is 35.7 Å². The number of fused-ring (bicyclic) bond motifs is 1. The van der Waals surface area contributed by atoms with Crippen LogP contribution in [0.25, 0.3) is 11.0 Å². The molecule has 0 unspecified atom stereocenters. The van der Waals surface area contributed by atoms with Gasteiger partial charge in [0.2, 0.25) is 0 Å². The van der Waals surface area contributed by atoms with Crippen LogP contribution in [0.3, 0.4) is 0 Å². The molecule has 2 amide bonds. The minimum atomic E-state index is -0.695. The Labute approximate surface area is 165 Å². The van der Waals surface area contributed by atoms with Crippen molar-refractivity contribution in [3.05, 3.63) is 64.3 Å². The summed E-state index contributed by atoms with van der Waals surface area (Å²) in [5, 5.41) is 2.60. The van der Waals surface area contributed by atoms with Gasteiger partial charge in [0.25, 0.3) is 0 Å². The predicted octanol–water partition coefficient (Wildman–Crippen LogP) is 2.42. The first kappa shape index (κ1) is 18.9.